The van der Waals surface area contributed by atoms with Crippen molar-refractivity contribution in [2.24, 2.45) is 0 Å². The van der Waals surface area contributed by atoms with Crippen molar-refractivity contribution in [1.82, 2.24) is 4.98 Å². The van der Waals surface area contributed by atoms with Crippen LogP contribution in [0.15, 0.2) is 12.3 Å². The maximum absolute atomic E-state index is 12.9. The number of ether oxygens (including phenoxy) is 1. The fraction of sp³-hybridized carbons (Fsp3) is 0.375. The monoisotopic (exact) mass is 203 g/mol. The summed E-state index contributed by atoms with van der Waals surface area (Å²) in [6.07, 6.45) is 1.36. The lowest BCUT2D eigenvalue weighted by molar-refractivity contribution is -0.184. The summed E-state index contributed by atoms with van der Waals surface area (Å²) in [6.45, 7) is 0.353. The first kappa shape index (κ1) is 8.87. The number of rotatable bonds is 1. The lowest BCUT2D eigenvalue weighted by atomic mass is 9.94. The van der Waals surface area contributed by atoms with Gasteiger partial charge in [-0.3, -0.25) is 0 Å². The minimum Gasteiger partial charge on any atom is -0.380 e. The molecule has 0 aromatic carbocycles. The summed E-state index contributed by atoms with van der Waals surface area (Å²) in [7, 11) is 0. The molecule has 0 spiro atoms. The van der Waals surface area contributed by atoms with Crippen molar-refractivity contribution in [2.75, 3.05) is 13.2 Å². The standard InChI is InChI=1S/C8H7ClFNO2/c9-7-6(10)1-5(2-11-7)8(12)3-13-4-8/h1-2,12H,3-4H2. The first-order chi connectivity index (χ1) is 6.12. The van der Waals surface area contributed by atoms with Gasteiger partial charge in [-0.1, -0.05) is 11.6 Å². The number of pyridine rings is 1. The Labute approximate surface area is 79.1 Å². The van der Waals surface area contributed by atoms with E-state index in [4.69, 9.17) is 16.3 Å². The SMILES string of the molecule is OC1(c2cnc(Cl)c(F)c2)COC1. The molecule has 1 N–H and O–H groups in total. The van der Waals surface area contributed by atoms with Gasteiger partial charge in [0.1, 0.15) is 5.60 Å². The maximum Gasteiger partial charge on any atom is 0.164 e. The summed E-state index contributed by atoms with van der Waals surface area (Å²) in [4.78, 5) is 3.60. The number of aliphatic hydroxyl groups is 1. The van der Waals surface area contributed by atoms with Gasteiger partial charge in [-0.15, -0.1) is 0 Å². The highest BCUT2D eigenvalue weighted by atomic mass is 35.5. The molecule has 0 amide bonds. The van der Waals surface area contributed by atoms with Gasteiger partial charge in [0.2, 0.25) is 0 Å². The van der Waals surface area contributed by atoms with E-state index in [2.05, 4.69) is 4.98 Å². The van der Waals surface area contributed by atoms with E-state index in [1.807, 2.05) is 0 Å². The zero-order valence-electron chi connectivity index (χ0n) is 6.63. The molecule has 3 nitrogen and oxygen atoms in total. The van der Waals surface area contributed by atoms with Gasteiger partial charge in [-0.2, -0.15) is 0 Å². The van der Waals surface area contributed by atoms with Crippen molar-refractivity contribution in [2.45, 2.75) is 5.60 Å². The lowest BCUT2D eigenvalue weighted by Crippen LogP contribution is -2.46. The van der Waals surface area contributed by atoms with Gasteiger partial charge >= 0.3 is 0 Å². The van der Waals surface area contributed by atoms with Crippen molar-refractivity contribution >= 4 is 11.6 Å². The second kappa shape index (κ2) is 2.90. The summed E-state index contributed by atoms with van der Waals surface area (Å²) in [5, 5.41) is 9.53. The maximum atomic E-state index is 12.9. The summed E-state index contributed by atoms with van der Waals surface area (Å²) in [5.41, 5.74) is -0.682. The Morgan fingerprint density at radius 1 is 1.62 bits per heavy atom. The van der Waals surface area contributed by atoms with Crippen LogP contribution >= 0.6 is 11.6 Å². The average Bonchev–Trinajstić information content (AvgIpc) is 2.06. The Morgan fingerprint density at radius 3 is 2.77 bits per heavy atom. The van der Waals surface area contributed by atoms with Crippen LogP contribution in [0.2, 0.25) is 5.15 Å². The van der Waals surface area contributed by atoms with Crippen LogP contribution in [0, 0.1) is 5.82 Å². The highest BCUT2D eigenvalue weighted by Gasteiger charge is 2.38. The van der Waals surface area contributed by atoms with Crippen LogP contribution in [0.5, 0.6) is 0 Å². The molecule has 70 valence electrons. The van der Waals surface area contributed by atoms with Crippen LogP contribution in [-0.2, 0) is 10.3 Å². The van der Waals surface area contributed by atoms with E-state index in [0.717, 1.165) is 0 Å². The molecule has 0 bridgehead atoms. The molecule has 1 aliphatic rings. The van der Waals surface area contributed by atoms with Crippen LogP contribution in [-0.4, -0.2) is 23.3 Å². The molecule has 5 heteroatoms. The molecule has 0 saturated carbocycles. The fourth-order valence-electron chi connectivity index (χ4n) is 1.14. The molecule has 0 radical (unpaired) electrons. The quantitative estimate of drug-likeness (QED) is 0.695. The highest BCUT2D eigenvalue weighted by molar-refractivity contribution is 6.29. The van der Waals surface area contributed by atoms with Crippen LogP contribution in [0.1, 0.15) is 5.56 Å². The van der Waals surface area contributed by atoms with E-state index >= 15 is 0 Å². The fourth-order valence-corrected chi connectivity index (χ4v) is 1.24. The average molecular weight is 204 g/mol. The molecule has 1 aromatic rings. The molecule has 1 aromatic heterocycles. The predicted molar refractivity (Wildman–Crippen MR) is 43.9 cm³/mol. The minimum absolute atomic E-state index is 0.176. The van der Waals surface area contributed by atoms with Gasteiger partial charge in [0.25, 0.3) is 0 Å². The van der Waals surface area contributed by atoms with Gasteiger partial charge in [0, 0.05) is 11.8 Å². The predicted octanol–water partition coefficient (Wildman–Crippen LogP) is 1.09. The Morgan fingerprint density at radius 2 is 2.31 bits per heavy atom. The van der Waals surface area contributed by atoms with Crippen molar-refractivity contribution < 1.29 is 14.2 Å². The number of hydrogen-bond acceptors (Lipinski definition) is 3. The second-order valence-corrected chi connectivity index (χ2v) is 3.38. The number of halogens is 2. The second-order valence-electron chi connectivity index (χ2n) is 3.02. The first-order valence-electron chi connectivity index (χ1n) is 3.73. The molecular weight excluding hydrogens is 197 g/mol. The Hall–Kier alpha value is -0.710. The van der Waals surface area contributed by atoms with Crippen molar-refractivity contribution in [3.05, 3.63) is 28.8 Å². The van der Waals surface area contributed by atoms with E-state index in [1.54, 1.807) is 0 Å². The van der Waals surface area contributed by atoms with Crippen LogP contribution in [0.25, 0.3) is 0 Å². The third-order valence-corrected chi connectivity index (χ3v) is 2.29. The van der Waals surface area contributed by atoms with E-state index < -0.39 is 11.4 Å². The van der Waals surface area contributed by atoms with E-state index in [0.29, 0.717) is 5.56 Å². The van der Waals surface area contributed by atoms with Crippen molar-refractivity contribution in [1.29, 1.82) is 0 Å². The molecular formula is C8H7ClFNO2. The zero-order valence-corrected chi connectivity index (χ0v) is 7.38. The van der Waals surface area contributed by atoms with E-state index in [-0.39, 0.29) is 18.4 Å². The number of aromatic nitrogens is 1. The summed E-state index contributed by atoms with van der Waals surface area (Å²) >= 11 is 5.39. The first-order valence-corrected chi connectivity index (χ1v) is 4.11. The third kappa shape index (κ3) is 1.41. The Balaban J connectivity index is 2.36. The molecule has 0 unspecified atom stereocenters. The minimum atomic E-state index is -1.08. The molecule has 1 saturated heterocycles. The lowest BCUT2D eigenvalue weighted by Gasteiger charge is -2.36. The summed E-state index contributed by atoms with van der Waals surface area (Å²) in [5.74, 6) is -0.625. The molecule has 2 heterocycles. The summed E-state index contributed by atoms with van der Waals surface area (Å²) in [6, 6.07) is 1.18. The van der Waals surface area contributed by atoms with Gasteiger partial charge in [-0.05, 0) is 6.07 Å². The molecule has 1 fully saturated rings. The van der Waals surface area contributed by atoms with Crippen LogP contribution in [0.4, 0.5) is 4.39 Å². The van der Waals surface area contributed by atoms with E-state index in [1.165, 1.54) is 12.3 Å². The molecule has 0 aliphatic carbocycles. The van der Waals surface area contributed by atoms with Gasteiger partial charge in [0.15, 0.2) is 11.0 Å². The van der Waals surface area contributed by atoms with E-state index in [9.17, 15) is 9.50 Å². The largest absolute Gasteiger partial charge is 0.380 e. The van der Waals surface area contributed by atoms with Gasteiger partial charge < -0.3 is 9.84 Å². The molecule has 2 rings (SSSR count). The van der Waals surface area contributed by atoms with Gasteiger partial charge in [0.05, 0.1) is 13.2 Å². The highest BCUT2D eigenvalue weighted by Crippen LogP contribution is 2.29. The molecule has 13 heavy (non-hydrogen) atoms. The molecule has 1 aliphatic heterocycles. The van der Waals surface area contributed by atoms with Gasteiger partial charge in [-0.25, -0.2) is 9.37 Å². The molecule has 0 atom stereocenters. The summed E-state index contributed by atoms with van der Waals surface area (Å²) < 4.78 is 17.8. The van der Waals surface area contributed by atoms with Crippen LogP contribution in [0.3, 0.4) is 0 Å². The Kier molecular flexibility index (Phi) is 1.98. The normalized spacial score (nSPS) is 19.6. The smallest absolute Gasteiger partial charge is 0.164 e. The number of nitrogens with zero attached hydrogens (tertiary/aromatic N) is 1. The number of hydrogen-bond donors (Lipinski definition) is 1. The Bertz CT molecular complexity index is 341. The van der Waals surface area contributed by atoms with Crippen molar-refractivity contribution in [3.8, 4) is 0 Å². The zero-order chi connectivity index (χ0) is 9.47. The topological polar surface area (TPSA) is 42.4 Å². The van der Waals surface area contributed by atoms with Crippen LogP contribution < -0.4 is 0 Å². The van der Waals surface area contributed by atoms with Crippen molar-refractivity contribution in [3.63, 3.8) is 0 Å². The third-order valence-electron chi connectivity index (χ3n) is 2.02.